The van der Waals surface area contributed by atoms with Gasteiger partial charge in [0.2, 0.25) is 0 Å². The van der Waals surface area contributed by atoms with Crippen molar-refractivity contribution in [2.24, 2.45) is 32.1 Å². The zero-order valence-corrected chi connectivity index (χ0v) is 10.2. The van der Waals surface area contributed by atoms with Crippen LogP contribution >= 0.6 is 0 Å². The number of nitrogens with zero attached hydrogens (tertiary/aromatic N) is 4. The standard InChI is InChI=1S/C8H8O.2CH4N4/c9-7-6-8-4-2-1-3-5-8;2*2-4-1-5-3/h1-5,7H,6H2;2*1-2H,3H2. The van der Waals surface area contributed by atoms with Crippen molar-refractivity contribution in [3.63, 3.8) is 0 Å². The molecule has 0 aromatic heterocycles. The molecule has 102 valence electrons. The first-order valence-corrected chi connectivity index (χ1v) is 4.90. The summed E-state index contributed by atoms with van der Waals surface area (Å²) in [6.07, 6.45) is 3.33. The van der Waals surface area contributed by atoms with Crippen molar-refractivity contribution in [1.29, 1.82) is 11.1 Å². The molecule has 0 amide bonds. The average Bonchev–Trinajstić information content (AvgIpc) is 2.44. The Bertz CT molecular complexity index is 374. The van der Waals surface area contributed by atoms with Crippen LogP contribution in [0.25, 0.3) is 0 Å². The molecular weight excluding hydrogens is 248 g/mol. The number of rotatable bonds is 4. The minimum absolute atomic E-state index is 0.529. The third-order valence-corrected chi connectivity index (χ3v) is 1.41. The number of benzene rings is 1. The highest BCUT2D eigenvalue weighted by Crippen LogP contribution is 1.96. The first-order chi connectivity index (χ1) is 9.26. The molecule has 0 fully saturated rings. The molecule has 0 radical (unpaired) electrons. The normalized spacial score (nSPS) is 8.84. The van der Waals surface area contributed by atoms with Crippen LogP contribution in [-0.2, 0) is 11.2 Å². The summed E-state index contributed by atoms with van der Waals surface area (Å²) in [5.41, 5.74) is 13.1. The van der Waals surface area contributed by atoms with Gasteiger partial charge in [0.1, 0.15) is 6.29 Å². The van der Waals surface area contributed by atoms with Gasteiger partial charge in [-0.15, -0.1) is 10.2 Å². The maximum atomic E-state index is 9.97. The van der Waals surface area contributed by atoms with Crippen molar-refractivity contribution < 1.29 is 4.79 Å². The van der Waals surface area contributed by atoms with Crippen molar-refractivity contribution in [3.8, 4) is 0 Å². The maximum Gasteiger partial charge on any atom is 0.156 e. The second kappa shape index (κ2) is 17.4. The lowest BCUT2D eigenvalue weighted by molar-refractivity contribution is -0.107. The predicted molar refractivity (Wildman–Crippen MR) is 71.9 cm³/mol. The SMILES string of the molecule is N=NC=NN.N=NC=NN.O=CCc1ccccc1. The third kappa shape index (κ3) is 17.6. The summed E-state index contributed by atoms with van der Waals surface area (Å²) >= 11 is 0. The van der Waals surface area contributed by atoms with Crippen LogP contribution in [0.3, 0.4) is 0 Å². The maximum absolute atomic E-state index is 9.97. The third-order valence-electron chi connectivity index (χ3n) is 1.41. The smallest absolute Gasteiger partial charge is 0.156 e. The van der Waals surface area contributed by atoms with Crippen LogP contribution in [0.15, 0.2) is 50.8 Å². The molecule has 1 rings (SSSR count). The summed E-state index contributed by atoms with van der Waals surface area (Å²) in [4.78, 5) is 9.97. The fraction of sp³-hybridized carbons (Fsp3) is 0.100. The first-order valence-electron chi connectivity index (χ1n) is 4.90. The average molecular weight is 264 g/mol. The van der Waals surface area contributed by atoms with Crippen LogP contribution < -0.4 is 11.7 Å². The molecule has 6 N–H and O–H groups in total. The fourth-order valence-corrected chi connectivity index (χ4v) is 0.777. The molecule has 0 bridgehead atoms. The van der Waals surface area contributed by atoms with Crippen LogP contribution in [0.4, 0.5) is 0 Å². The van der Waals surface area contributed by atoms with E-state index in [0.717, 1.165) is 24.5 Å². The largest absolute Gasteiger partial charge is 0.322 e. The molecule has 0 atom stereocenters. The molecule has 0 aliphatic rings. The van der Waals surface area contributed by atoms with E-state index in [2.05, 4.69) is 32.1 Å². The Balaban J connectivity index is 0. The topological polar surface area (TPSA) is 166 Å². The van der Waals surface area contributed by atoms with Crippen LogP contribution in [-0.4, -0.2) is 19.0 Å². The van der Waals surface area contributed by atoms with E-state index in [9.17, 15) is 4.79 Å². The van der Waals surface area contributed by atoms with Gasteiger partial charge in [0.25, 0.3) is 0 Å². The van der Waals surface area contributed by atoms with Gasteiger partial charge in [0.15, 0.2) is 12.7 Å². The van der Waals surface area contributed by atoms with Crippen LogP contribution in [0.1, 0.15) is 5.56 Å². The molecule has 0 aliphatic heterocycles. The van der Waals surface area contributed by atoms with Crippen molar-refractivity contribution in [2.75, 3.05) is 0 Å². The highest BCUT2D eigenvalue weighted by Gasteiger charge is 1.84. The second-order valence-corrected chi connectivity index (χ2v) is 2.64. The monoisotopic (exact) mass is 264 g/mol. The van der Waals surface area contributed by atoms with E-state index in [1.54, 1.807) is 0 Å². The minimum Gasteiger partial charge on any atom is -0.322 e. The zero-order valence-electron chi connectivity index (χ0n) is 10.2. The summed E-state index contributed by atoms with van der Waals surface area (Å²) in [7, 11) is 0. The number of carbonyl (C=O) groups excluding carboxylic acids is 1. The molecule has 1 aromatic rings. The molecule has 0 aliphatic carbocycles. The molecule has 0 saturated heterocycles. The lowest BCUT2D eigenvalue weighted by Gasteiger charge is -1.89. The Morgan fingerprint density at radius 2 is 1.47 bits per heavy atom. The number of aldehydes is 1. The van der Waals surface area contributed by atoms with Gasteiger partial charge >= 0.3 is 0 Å². The van der Waals surface area contributed by atoms with E-state index in [0.29, 0.717) is 6.42 Å². The van der Waals surface area contributed by atoms with E-state index >= 15 is 0 Å². The molecular formula is C10H16N8O. The van der Waals surface area contributed by atoms with Crippen molar-refractivity contribution in [1.82, 2.24) is 0 Å². The fourth-order valence-electron chi connectivity index (χ4n) is 0.777. The van der Waals surface area contributed by atoms with E-state index in [1.807, 2.05) is 30.3 Å². The Hall–Kier alpha value is -2.97. The number of hydrazone groups is 2. The van der Waals surface area contributed by atoms with Gasteiger partial charge in [0, 0.05) is 6.42 Å². The quantitative estimate of drug-likeness (QED) is 0.161. The van der Waals surface area contributed by atoms with Gasteiger partial charge in [-0.05, 0) is 5.56 Å². The van der Waals surface area contributed by atoms with Crippen LogP contribution in [0, 0.1) is 11.1 Å². The van der Waals surface area contributed by atoms with Crippen LogP contribution in [0.5, 0.6) is 0 Å². The Morgan fingerprint density at radius 1 is 1.00 bits per heavy atom. The molecule has 9 nitrogen and oxygen atoms in total. The Kier molecular flexibility index (Phi) is 16.9. The van der Waals surface area contributed by atoms with Gasteiger partial charge in [-0.2, -0.15) is 10.2 Å². The first kappa shape index (κ1) is 18.4. The van der Waals surface area contributed by atoms with Gasteiger partial charge in [-0.3, -0.25) is 0 Å². The number of carbonyl (C=O) groups is 1. The van der Waals surface area contributed by atoms with E-state index in [1.165, 1.54) is 0 Å². The molecule has 0 saturated carbocycles. The lowest BCUT2D eigenvalue weighted by atomic mass is 10.2. The highest BCUT2D eigenvalue weighted by molar-refractivity contribution is 5.54. The lowest BCUT2D eigenvalue weighted by Crippen LogP contribution is -1.82. The molecule has 1 aromatic carbocycles. The van der Waals surface area contributed by atoms with Crippen LogP contribution in [0.2, 0.25) is 0 Å². The number of nitrogens with one attached hydrogen (secondary N) is 2. The summed E-state index contributed by atoms with van der Waals surface area (Å²) < 4.78 is 0. The minimum atomic E-state index is 0.529. The molecule has 0 spiro atoms. The van der Waals surface area contributed by atoms with Crippen molar-refractivity contribution >= 4 is 19.0 Å². The van der Waals surface area contributed by atoms with Crippen molar-refractivity contribution in [3.05, 3.63) is 35.9 Å². The van der Waals surface area contributed by atoms with E-state index < -0.39 is 0 Å². The van der Waals surface area contributed by atoms with Crippen molar-refractivity contribution in [2.45, 2.75) is 6.42 Å². The Labute approximate surface area is 110 Å². The highest BCUT2D eigenvalue weighted by atomic mass is 16.1. The second-order valence-electron chi connectivity index (χ2n) is 2.64. The molecule has 19 heavy (non-hydrogen) atoms. The van der Waals surface area contributed by atoms with Gasteiger partial charge in [-0.25, -0.2) is 11.1 Å². The molecule has 0 unspecified atom stereocenters. The Morgan fingerprint density at radius 3 is 1.74 bits per heavy atom. The zero-order chi connectivity index (χ0) is 14.8. The predicted octanol–water partition coefficient (Wildman–Crippen LogP) is 1.27. The number of hydrogen-bond donors (Lipinski definition) is 4. The van der Waals surface area contributed by atoms with Gasteiger partial charge in [-0.1, -0.05) is 30.3 Å². The van der Waals surface area contributed by atoms with E-state index in [4.69, 9.17) is 11.1 Å². The van der Waals surface area contributed by atoms with Gasteiger partial charge < -0.3 is 16.5 Å². The summed E-state index contributed by atoms with van der Waals surface area (Å²) in [6, 6.07) is 9.68. The molecule has 0 heterocycles. The summed E-state index contributed by atoms with van der Waals surface area (Å²) in [5, 5.41) is 11.1. The molecule has 9 heteroatoms. The number of nitrogens with two attached hydrogens (primary N) is 2. The van der Waals surface area contributed by atoms with E-state index in [-0.39, 0.29) is 0 Å². The summed E-state index contributed by atoms with van der Waals surface area (Å²) in [6.45, 7) is 0. The number of hydrogen-bond acceptors (Lipinski definition) is 7. The van der Waals surface area contributed by atoms with Gasteiger partial charge in [0.05, 0.1) is 0 Å². The summed E-state index contributed by atoms with van der Waals surface area (Å²) in [5.74, 6) is 8.99.